The van der Waals surface area contributed by atoms with Crippen molar-refractivity contribution in [3.63, 3.8) is 0 Å². The summed E-state index contributed by atoms with van der Waals surface area (Å²) < 4.78 is 10.6. The first-order valence-electron chi connectivity index (χ1n) is 8.30. The van der Waals surface area contributed by atoms with Gasteiger partial charge < -0.3 is 9.47 Å². The van der Waals surface area contributed by atoms with E-state index in [2.05, 4.69) is 10.2 Å². The van der Waals surface area contributed by atoms with E-state index in [0.717, 1.165) is 28.1 Å². The zero-order chi connectivity index (χ0) is 18.1. The number of fused-ring (bicyclic) bond motifs is 1. The smallest absolute Gasteiger partial charge is 0.189 e. The molecule has 0 bridgehead atoms. The van der Waals surface area contributed by atoms with Gasteiger partial charge in [-0.05, 0) is 29.8 Å². The predicted octanol–water partition coefficient (Wildman–Crippen LogP) is 3.92. The molecule has 0 unspecified atom stereocenters. The molecule has 0 saturated carbocycles. The number of aromatic amines is 1. The van der Waals surface area contributed by atoms with Crippen LogP contribution < -0.4 is 9.47 Å². The van der Waals surface area contributed by atoms with E-state index in [0.29, 0.717) is 23.5 Å². The van der Waals surface area contributed by atoms with Gasteiger partial charge in [0.1, 0.15) is 0 Å². The van der Waals surface area contributed by atoms with E-state index in [1.807, 2.05) is 48.5 Å². The molecule has 26 heavy (non-hydrogen) atoms. The van der Waals surface area contributed by atoms with Crippen molar-refractivity contribution >= 4 is 11.9 Å². The quantitative estimate of drug-likeness (QED) is 0.727. The van der Waals surface area contributed by atoms with Crippen LogP contribution >= 0.6 is 0 Å². The second kappa shape index (κ2) is 6.52. The molecule has 0 aliphatic heterocycles. The van der Waals surface area contributed by atoms with E-state index < -0.39 is 0 Å². The number of carbonyl (C=O) groups is 1. The molecule has 3 aromatic rings. The van der Waals surface area contributed by atoms with Gasteiger partial charge in [0.15, 0.2) is 17.3 Å². The van der Waals surface area contributed by atoms with Crippen LogP contribution in [-0.4, -0.2) is 30.2 Å². The molecule has 0 spiro atoms. The Morgan fingerprint density at radius 3 is 2.50 bits per heavy atom. The minimum atomic E-state index is 0.0109. The zero-order valence-electron chi connectivity index (χ0n) is 14.6. The normalized spacial score (nSPS) is 14.5. The first kappa shape index (κ1) is 16.1. The minimum Gasteiger partial charge on any atom is -0.493 e. The number of nitrogens with one attached hydrogen (secondary N) is 1. The van der Waals surface area contributed by atoms with Crippen LogP contribution in [0.2, 0.25) is 0 Å². The second-order valence-corrected chi connectivity index (χ2v) is 6.11. The van der Waals surface area contributed by atoms with Crippen molar-refractivity contribution < 1.29 is 14.3 Å². The number of ketones is 1. The monoisotopic (exact) mass is 346 g/mol. The van der Waals surface area contributed by atoms with Gasteiger partial charge in [0, 0.05) is 23.1 Å². The van der Waals surface area contributed by atoms with Crippen LogP contribution in [0.15, 0.2) is 54.1 Å². The Morgan fingerprint density at radius 2 is 1.77 bits per heavy atom. The third-order valence-electron chi connectivity index (χ3n) is 4.52. The van der Waals surface area contributed by atoms with Gasteiger partial charge in [-0.3, -0.25) is 9.89 Å². The summed E-state index contributed by atoms with van der Waals surface area (Å²) >= 11 is 0. The molecular weight excluding hydrogens is 328 g/mol. The van der Waals surface area contributed by atoms with E-state index in [1.165, 1.54) is 0 Å². The summed E-state index contributed by atoms with van der Waals surface area (Å²) in [5, 5.41) is 7.33. The van der Waals surface area contributed by atoms with Crippen molar-refractivity contribution in [1.82, 2.24) is 10.2 Å². The van der Waals surface area contributed by atoms with Gasteiger partial charge in [-0.1, -0.05) is 30.3 Å². The van der Waals surface area contributed by atoms with Crippen LogP contribution in [0.3, 0.4) is 0 Å². The third-order valence-corrected chi connectivity index (χ3v) is 4.52. The van der Waals surface area contributed by atoms with E-state index in [4.69, 9.17) is 9.47 Å². The number of hydrogen-bond donors (Lipinski definition) is 1. The Hall–Kier alpha value is -3.34. The van der Waals surface area contributed by atoms with Crippen LogP contribution in [0, 0.1) is 0 Å². The number of nitrogens with zero attached hydrogens (tertiary/aromatic N) is 1. The Kier molecular flexibility index (Phi) is 4.05. The van der Waals surface area contributed by atoms with Crippen molar-refractivity contribution in [3.05, 3.63) is 70.9 Å². The van der Waals surface area contributed by atoms with Crippen LogP contribution in [0.4, 0.5) is 0 Å². The summed E-state index contributed by atoms with van der Waals surface area (Å²) in [5.74, 6) is 1.21. The fraction of sp³-hybridized carbons (Fsp3) is 0.143. The van der Waals surface area contributed by atoms with Crippen LogP contribution in [0.5, 0.6) is 11.5 Å². The molecule has 0 radical (unpaired) electrons. The first-order chi connectivity index (χ1) is 12.7. The molecule has 130 valence electrons. The number of allylic oxidation sites excluding steroid dienone is 1. The van der Waals surface area contributed by atoms with Gasteiger partial charge in [0.2, 0.25) is 0 Å². The summed E-state index contributed by atoms with van der Waals surface area (Å²) in [6.45, 7) is 0. The maximum Gasteiger partial charge on any atom is 0.189 e. The van der Waals surface area contributed by atoms with E-state index in [-0.39, 0.29) is 5.78 Å². The van der Waals surface area contributed by atoms with E-state index in [1.54, 1.807) is 20.3 Å². The number of ether oxygens (including phenoxy) is 2. The zero-order valence-corrected chi connectivity index (χ0v) is 14.6. The number of hydrogen-bond acceptors (Lipinski definition) is 4. The number of aromatic nitrogens is 2. The average molecular weight is 346 g/mol. The number of Topliss-reactive ketones (excluding diaryl/α,β-unsaturated/α-hetero) is 1. The molecule has 1 aliphatic carbocycles. The van der Waals surface area contributed by atoms with Gasteiger partial charge in [-0.15, -0.1) is 0 Å². The van der Waals surface area contributed by atoms with E-state index in [9.17, 15) is 4.79 Å². The fourth-order valence-corrected chi connectivity index (χ4v) is 3.21. The number of rotatable bonds is 4. The first-order valence-corrected chi connectivity index (χ1v) is 8.30. The lowest BCUT2D eigenvalue weighted by molar-refractivity contribution is 0.104. The summed E-state index contributed by atoms with van der Waals surface area (Å²) in [7, 11) is 3.16. The Labute approximate surface area is 151 Å². The topological polar surface area (TPSA) is 64.2 Å². The molecule has 4 rings (SSSR count). The molecule has 0 amide bonds. The maximum absolute atomic E-state index is 12.7. The SMILES string of the molecule is COc1cc2c(cc1OC)C(=O)/C(=C/c1cc(-c3ccccc3)n[nH]1)C2. The third kappa shape index (κ3) is 2.77. The predicted molar refractivity (Wildman–Crippen MR) is 99.6 cm³/mol. The summed E-state index contributed by atoms with van der Waals surface area (Å²) in [6, 6.07) is 15.5. The van der Waals surface area contributed by atoms with Crippen LogP contribution in [-0.2, 0) is 6.42 Å². The molecule has 2 aromatic carbocycles. The number of methoxy groups -OCH3 is 2. The molecule has 0 fully saturated rings. The van der Waals surface area contributed by atoms with Gasteiger partial charge in [0.25, 0.3) is 0 Å². The van der Waals surface area contributed by atoms with Gasteiger partial charge in [0.05, 0.1) is 25.6 Å². The number of H-pyrrole nitrogens is 1. The summed E-state index contributed by atoms with van der Waals surface area (Å²) in [4.78, 5) is 12.7. The molecule has 0 saturated heterocycles. The van der Waals surface area contributed by atoms with Crippen molar-refractivity contribution in [1.29, 1.82) is 0 Å². The molecule has 1 heterocycles. The van der Waals surface area contributed by atoms with Crippen molar-refractivity contribution in [2.75, 3.05) is 14.2 Å². The van der Waals surface area contributed by atoms with E-state index >= 15 is 0 Å². The van der Waals surface area contributed by atoms with Gasteiger partial charge in [-0.25, -0.2) is 0 Å². The van der Waals surface area contributed by atoms with Crippen molar-refractivity contribution in [2.24, 2.45) is 0 Å². The Bertz CT molecular complexity index is 1000. The lowest BCUT2D eigenvalue weighted by Crippen LogP contribution is -1.97. The Balaban J connectivity index is 1.65. The van der Waals surface area contributed by atoms with Crippen molar-refractivity contribution in [2.45, 2.75) is 6.42 Å². The molecule has 5 nitrogen and oxygen atoms in total. The summed E-state index contributed by atoms with van der Waals surface area (Å²) in [6.07, 6.45) is 2.43. The molecule has 5 heteroatoms. The fourth-order valence-electron chi connectivity index (χ4n) is 3.21. The molecule has 1 aliphatic rings. The largest absolute Gasteiger partial charge is 0.493 e. The highest BCUT2D eigenvalue weighted by Crippen LogP contribution is 2.37. The highest BCUT2D eigenvalue weighted by molar-refractivity contribution is 6.15. The second-order valence-electron chi connectivity index (χ2n) is 6.11. The molecule has 1 N–H and O–H groups in total. The molecule has 0 atom stereocenters. The van der Waals surface area contributed by atoms with Gasteiger partial charge in [-0.2, -0.15) is 5.10 Å². The highest BCUT2D eigenvalue weighted by atomic mass is 16.5. The van der Waals surface area contributed by atoms with Crippen molar-refractivity contribution in [3.8, 4) is 22.8 Å². The number of carbonyl (C=O) groups excluding carboxylic acids is 1. The summed E-state index contributed by atoms with van der Waals surface area (Å²) in [5.41, 5.74) is 5.02. The maximum atomic E-state index is 12.7. The number of benzene rings is 2. The molecular formula is C21H18N2O3. The lowest BCUT2D eigenvalue weighted by atomic mass is 10.1. The van der Waals surface area contributed by atoms with Crippen LogP contribution in [0.25, 0.3) is 17.3 Å². The van der Waals surface area contributed by atoms with Gasteiger partial charge >= 0.3 is 0 Å². The average Bonchev–Trinajstić information content (AvgIpc) is 3.27. The standard InChI is InChI=1S/C21H18N2O3/c1-25-19-10-14-8-15(21(24)17(14)12-20(19)26-2)9-16-11-18(23-22-16)13-6-4-3-5-7-13/h3-7,9-12H,8H2,1-2H3,(H,22,23)/b15-9+. The lowest BCUT2D eigenvalue weighted by Gasteiger charge is -2.08. The Morgan fingerprint density at radius 1 is 1.04 bits per heavy atom. The minimum absolute atomic E-state index is 0.0109. The van der Waals surface area contributed by atoms with Crippen LogP contribution in [0.1, 0.15) is 21.6 Å². The molecule has 1 aromatic heterocycles. The highest BCUT2D eigenvalue weighted by Gasteiger charge is 2.27.